The van der Waals surface area contributed by atoms with Crippen LogP contribution in [-0.2, 0) is 17.8 Å². The lowest BCUT2D eigenvalue weighted by molar-refractivity contribution is -0.711. The Balaban J connectivity index is 2.34. The summed E-state index contributed by atoms with van der Waals surface area (Å²) in [6.45, 7) is 14.3. The van der Waals surface area contributed by atoms with Crippen LogP contribution in [0, 0.1) is 15.5 Å². The van der Waals surface area contributed by atoms with Crippen molar-refractivity contribution >= 4 is 40.2 Å². The van der Waals surface area contributed by atoms with Crippen LogP contribution in [0.5, 0.6) is 5.75 Å². The zero-order valence-corrected chi connectivity index (χ0v) is 23.3. The number of aromatic nitrogens is 1. The first-order valence-corrected chi connectivity index (χ1v) is 13.0. The van der Waals surface area contributed by atoms with Gasteiger partial charge in [0, 0.05) is 43.2 Å². The molecule has 36 heavy (non-hydrogen) atoms. The molecule has 3 rings (SSSR count). The first-order chi connectivity index (χ1) is 16.6. The molecule has 0 saturated carbocycles. The van der Waals surface area contributed by atoms with Gasteiger partial charge in [-0.3, -0.25) is 9.63 Å². The second-order valence-corrected chi connectivity index (χ2v) is 13.2. The average Bonchev–Trinajstić information content (AvgIpc) is 2.99. The molecule has 0 amide bonds. The quantitative estimate of drug-likeness (QED) is 0.173. The summed E-state index contributed by atoms with van der Waals surface area (Å²) in [5, 5.41) is 21.6. The Morgan fingerprint density at radius 2 is 1.83 bits per heavy atom. The summed E-state index contributed by atoms with van der Waals surface area (Å²) in [5.41, 5.74) is 2.54. The predicted molar refractivity (Wildman–Crippen MR) is 145 cm³/mol. The first kappa shape index (κ1) is 27.9. The van der Waals surface area contributed by atoms with Crippen LogP contribution in [0.15, 0.2) is 41.3 Å². The molecule has 0 atom stereocenters. The van der Waals surface area contributed by atoms with Crippen molar-refractivity contribution in [3.8, 4) is 5.75 Å². The van der Waals surface area contributed by atoms with E-state index in [9.17, 15) is 20.0 Å². The molecule has 7 nitrogen and oxygen atoms in total. The summed E-state index contributed by atoms with van der Waals surface area (Å²) in [5.74, 6) is -0.514. The molecule has 0 aliphatic heterocycles. The monoisotopic (exact) mass is 532 g/mol. The van der Waals surface area contributed by atoms with Gasteiger partial charge in [-0.1, -0.05) is 58.4 Å². The van der Waals surface area contributed by atoms with Crippen molar-refractivity contribution in [3.05, 3.63) is 68.4 Å². The zero-order valence-electron chi connectivity index (χ0n) is 21.7. The van der Waals surface area contributed by atoms with Crippen LogP contribution in [0.2, 0.25) is 5.02 Å². The van der Waals surface area contributed by atoms with E-state index in [0.717, 1.165) is 21.5 Å². The molecule has 1 heterocycles. The Labute approximate surface area is 220 Å². The van der Waals surface area contributed by atoms with Gasteiger partial charge in [0.15, 0.2) is 0 Å². The molecule has 3 aromatic rings. The molecule has 1 N–H and O–H groups in total. The Morgan fingerprint density at radius 1 is 1.17 bits per heavy atom. The van der Waals surface area contributed by atoms with Gasteiger partial charge in [0.25, 0.3) is 5.09 Å². The molecule has 0 unspecified atom stereocenters. The molecule has 9 heteroatoms. The molecule has 0 saturated heterocycles. The van der Waals surface area contributed by atoms with Gasteiger partial charge >= 0.3 is 5.97 Å². The molecule has 0 fully saturated rings. The highest BCUT2D eigenvalue weighted by Gasteiger charge is 2.33. The summed E-state index contributed by atoms with van der Waals surface area (Å²) < 4.78 is 1.93. The number of carbonyl (C=O) groups is 1. The smallest absolute Gasteiger partial charge is 0.309 e. The van der Waals surface area contributed by atoms with E-state index in [1.165, 1.54) is 11.6 Å². The molecule has 0 spiro atoms. The highest BCUT2D eigenvalue weighted by molar-refractivity contribution is 8.00. The predicted octanol–water partition coefficient (Wildman–Crippen LogP) is 7.58. The summed E-state index contributed by atoms with van der Waals surface area (Å²) in [6.07, 6.45) is 0.283. The highest BCUT2D eigenvalue weighted by atomic mass is 35.5. The van der Waals surface area contributed by atoms with E-state index in [0.29, 0.717) is 16.5 Å². The third-order valence-electron chi connectivity index (χ3n) is 5.94. The van der Waals surface area contributed by atoms with Gasteiger partial charge in [-0.2, -0.15) is 0 Å². The summed E-state index contributed by atoms with van der Waals surface area (Å²) in [7, 11) is 0. The van der Waals surface area contributed by atoms with E-state index in [1.54, 1.807) is 37.7 Å². The number of carboxylic acid groups (broad SMARTS) is 1. The topological polar surface area (TPSA) is 94.6 Å². The third kappa shape index (κ3) is 6.34. The molecule has 0 bridgehead atoms. The van der Waals surface area contributed by atoms with Gasteiger partial charge in [0.05, 0.1) is 12.0 Å². The van der Waals surface area contributed by atoms with E-state index < -0.39 is 16.5 Å². The minimum atomic E-state index is -1.03. The van der Waals surface area contributed by atoms with Crippen LogP contribution >= 0.6 is 23.4 Å². The lowest BCUT2D eigenvalue weighted by atomic mass is 9.88. The Morgan fingerprint density at radius 3 is 2.39 bits per heavy atom. The Bertz CT molecular complexity index is 1310. The fourth-order valence-electron chi connectivity index (χ4n) is 4.02. The SMILES string of the molecule is CC(C)c1ccc2c(c1)c(SC(C)(C)C)c(CC(C)(C)C(=O)O)n2Cc1ccc(Cl)cc1O[N+](=O)[O-]. The number of fused-ring (bicyclic) bond motifs is 1. The number of thioether (sulfide) groups is 1. The summed E-state index contributed by atoms with van der Waals surface area (Å²) in [6, 6.07) is 11.1. The molecule has 0 aliphatic rings. The van der Waals surface area contributed by atoms with Crippen LogP contribution < -0.4 is 4.84 Å². The van der Waals surface area contributed by atoms with Crippen LogP contribution in [0.3, 0.4) is 0 Å². The maximum atomic E-state index is 12.1. The van der Waals surface area contributed by atoms with E-state index in [-0.39, 0.29) is 23.5 Å². The van der Waals surface area contributed by atoms with Gasteiger partial charge in [-0.05, 0) is 49.6 Å². The number of carboxylic acids is 1. The molecule has 0 radical (unpaired) electrons. The van der Waals surface area contributed by atoms with E-state index in [1.807, 2.05) is 0 Å². The third-order valence-corrected chi connectivity index (χ3v) is 7.44. The normalized spacial score (nSPS) is 12.4. The van der Waals surface area contributed by atoms with Gasteiger partial charge in [0.2, 0.25) is 0 Å². The van der Waals surface area contributed by atoms with Crippen molar-refractivity contribution in [3.63, 3.8) is 0 Å². The first-order valence-electron chi connectivity index (χ1n) is 11.8. The van der Waals surface area contributed by atoms with Crippen molar-refractivity contribution in [1.29, 1.82) is 0 Å². The number of benzene rings is 2. The average molecular weight is 533 g/mol. The summed E-state index contributed by atoms with van der Waals surface area (Å²) in [4.78, 5) is 29.2. The molecule has 194 valence electrons. The minimum absolute atomic E-state index is 0.0571. The van der Waals surface area contributed by atoms with E-state index >= 15 is 0 Å². The number of hydrogen-bond donors (Lipinski definition) is 1. The molecular weight excluding hydrogens is 500 g/mol. The van der Waals surface area contributed by atoms with Crippen molar-refractivity contribution in [1.82, 2.24) is 4.57 Å². The number of halogens is 1. The maximum absolute atomic E-state index is 12.1. The molecule has 2 aromatic carbocycles. The summed E-state index contributed by atoms with van der Waals surface area (Å²) >= 11 is 7.80. The van der Waals surface area contributed by atoms with Crippen molar-refractivity contribution in [2.75, 3.05) is 0 Å². The van der Waals surface area contributed by atoms with Gasteiger partial charge < -0.3 is 9.67 Å². The van der Waals surface area contributed by atoms with Crippen LogP contribution in [-0.4, -0.2) is 25.5 Å². The van der Waals surface area contributed by atoms with Gasteiger partial charge in [0.1, 0.15) is 5.75 Å². The van der Waals surface area contributed by atoms with Crippen LogP contribution in [0.1, 0.15) is 71.2 Å². The second kappa shape index (κ2) is 10.3. The Hall–Kier alpha value is -2.71. The van der Waals surface area contributed by atoms with Crippen LogP contribution in [0.25, 0.3) is 10.9 Å². The largest absolute Gasteiger partial charge is 0.481 e. The molecular formula is C27H33ClN2O5S. The lowest BCUT2D eigenvalue weighted by Crippen LogP contribution is -2.28. The standard InChI is InChI=1S/C27H33ClN2O5S/c1-16(2)17-9-11-21-20(12-17)24(36-26(3,4)5)22(14-27(6,7)25(31)32)29(21)15-18-8-10-19(28)13-23(18)35-30(33)34/h8-13,16H,14-15H2,1-7H3,(H,31,32). The van der Waals surface area contributed by atoms with Crippen molar-refractivity contribution < 1.29 is 19.8 Å². The minimum Gasteiger partial charge on any atom is -0.481 e. The fraction of sp³-hybridized carbons (Fsp3) is 0.444. The van der Waals surface area contributed by atoms with Crippen LogP contribution in [0.4, 0.5) is 0 Å². The maximum Gasteiger partial charge on any atom is 0.309 e. The fourth-order valence-corrected chi connectivity index (χ4v) is 5.37. The zero-order chi connectivity index (χ0) is 27.0. The van der Waals surface area contributed by atoms with Crippen molar-refractivity contribution in [2.45, 2.75) is 77.0 Å². The molecule has 1 aromatic heterocycles. The highest BCUT2D eigenvalue weighted by Crippen LogP contribution is 2.44. The Kier molecular flexibility index (Phi) is 8.01. The van der Waals surface area contributed by atoms with Gasteiger partial charge in [-0.15, -0.1) is 21.9 Å². The second-order valence-electron chi connectivity index (χ2n) is 10.9. The van der Waals surface area contributed by atoms with E-state index in [4.69, 9.17) is 16.4 Å². The molecule has 0 aliphatic carbocycles. The van der Waals surface area contributed by atoms with E-state index in [2.05, 4.69) is 57.4 Å². The van der Waals surface area contributed by atoms with Crippen molar-refractivity contribution in [2.24, 2.45) is 5.41 Å². The number of rotatable bonds is 9. The number of hydrogen-bond acceptors (Lipinski definition) is 5. The number of nitrogens with zero attached hydrogens (tertiary/aromatic N) is 2. The van der Waals surface area contributed by atoms with Gasteiger partial charge in [-0.25, -0.2) is 0 Å². The number of aliphatic carboxylic acids is 1. The lowest BCUT2D eigenvalue weighted by Gasteiger charge is -2.24.